The molecule has 0 saturated carbocycles. The quantitative estimate of drug-likeness (QED) is 0.505. The van der Waals surface area contributed by atoms with E-state index in [4.69, 9.17) is 11.2 Å². The van der Waals surface area contributed by atoms with Crippen LogP contribution in [0.1, 0.15) is 10.4 Å². The zero-order valence-corrected chi connectivity index (χ0v) is 15.5. The van der Waals surface area contributed by atoms with Gasteiger partial charge in [-0.15, -0.1) is 6.42 Å². The first-order valence-corrected chi connectivity index (χ1v) is 9.20. The molecule has 4 aromatic rings. The average Bonchev–Trinajstić information content (AvgIpc) is 3.06. The van der Waals surface area contributed by atoms with Crippen molar-refractivity contribution in [3.8, 4) is 18.1 Å². The molecule has 0 aliphatic rings. The first kappa shape index (κ1) is 17.1. The fourth-order valence-electron chi connectivity index (χ4n) is 3.01. The lowest BCUT2D eigenvalue weighted by molar-refractivity contribution is 0.0998. The molecule has 0 bridgehead atoms. The fraction of sp³-hybridized carbons (Fsp3) is 0.0909. The molecule has 4 nitrogen and oxygen atoms in total. The lowest BCUT2D eigenvalue weighted by Crippen LogP contribution is -2.16. The molecule has 0 aliphatic heterocycles. The number of fused-ring (bicyclic) bond motifs is 3. The number of carbonyl (C=O) groups is 1. The molecule has 27 heavy (non-hydrogen) atoms. The number of thiazole rings is 1. The second-order valence-corrected chi connectivity index (χ2v) is 6.93. The number of rotatable bonds is 3. The van der Waals surface area contributed by atoms with Crippen molar-refractivity contribution in [3.63, 3.8) is 0 Å². The Hall–Kier alpha value is -3.36. The largest absolute Gasteiger partial charge is 0.497 e. The van der Waals surface area contributed by atoms with Crippen LogP contribution in [0.5, 0.6) is 5.75 Å². The number of amides is 1. The van der Waals surface area contributed by atoms with E-state index < -0.39 is 0 Å². The van der Waals surface area contributed by atoms with Crippen molar-refractivity contribution in [2.45, 2.75) is 6.54 Å². The summed E-state index contributed by atoms with van der Waals surface area (Å²) >= 11 is 1.48. The third-order valence-electron chi connectivity index (χ3n) is 4.36. The first-order valence-electron chi connectivity index (χ1n) is 8.39. The maximum Gasteiger partial charge on any atom is 0.279 e. The van der Waals surface area contributed by atoms with Gasteiger partial charge in [0.15, 0.2) is 4.80 Å². The van der Waals surface area contributed by atoms with Gasteiger partial charge in [0.05, 0.1) is 23.9 Å². The average molecular weight is 372 g/mol. The van der Waals surface area contributed by atoms with Crippen LogP contribution in [0.2, 0.25) is 0 Å². The number of hydrogen-bond acceptors (Lipinski definition) is 3. The van der Waals surface area contributed by atoms with Crippen LogP contribution in [-0.4, -0.2) is 17.6 Å². The minimum Gasteiger partial charge on any atom is -0.497 e. The fourth-order valence-corrected chi connectivity index (χ4v) is 4.18. The molecule has 1 amide bonds. The van der Waals surface area contributed by atoms with Gasteiger partial charge in [0.2, 0.25) is 0 Å². The normalized spacial score (nSPS) is 11.6. The van der Waals surface area contributed by atoms with E-state index in [1.165, 1.54) is 11.3 Å². The number of hydrogen-bond donors (Lipinski definition) is 0. The Bertz CT molecular complexity index is 1260. The smallest absolute Gasteiger partial charge is 0.279 e. The van der Waals surface area contributed by atoms with Crippen molar-refractivity contribution < 1.29 is 9.53 Å². The van der Waals surface area contributed by atoms with Gasteiger partial charge < -0.3 is 9.30 Å². The molecule has 1 heterocycles. The van der Waals surface area contributed by atoms with E-state index >= 15 is 0 Å². The Morgan fingerprint density at radius 1 is 1.15 bits per heavy atom. The van der Waals surface area contributed by atoms with Crippen LogP contribution in [0.15, 0.2) is 65.7 Å². The molecule has 0 radical (unpaired) electrons. The Kier molecular flexibility index (Phi) is 4.49. The maximum absolute atomic E-state index is 12.6. The summed E-state index contributed by atoms with van der Waals surface area (Å²) < 4.78 is 8.12. The maximum atomic E-state index is 12.6. The number of methoxy groups -OCH3 is 1. The van der Waals surface area contributed by atoms with Gasteiger partial charge in [-0.3, -0.25) is 4.79 Å². The van der Waals surface area contributed by atoms with Gasteiger partial charge in [-0.1, -0.05) is 47.6 Å². The van der Waals surface area contributed by atoms with Crippen LogP contribution in [0.25, 0.3) is 21.0 Å². The molecular weight excluding hydrogens is 356 g/mol. The van der Waals surface area contributed by atoms with Gasteiger partial charge in [-0.2, -0.15) is 4.99 Å². The second-order valence-electron chi connectivity index (χ2n) is 5.96. The lowest BCUT2D eigenvalue weighted by atomic mass is 10.1. The SMILES string of the molecule is C#CCn1c(=NC(=O)c2ccc(OC)cc2)sc2c3ccccc3ccc21. The van der Waals surface area contributed by atoms with Crippen LogP contribution in [0, 0.1) is 12.3 Å². The highest BCUT2D eigenvalue weighted by Gasteiger charge is 2.11. The Labute approximate surface area is 160 Å². The van der Waals surface area contributed by atoms with Gasteiger partial charge in [0.25, 0.3) is 5.91 Å². The van der Waals surface area contributed by atoms with Gasteiger partial charge in [-0.25, -0.2) is 0 Å². The molecule has 4 rings (SSSR count). The van der Waals surface area contributed by atoms with Crippen molar-refractivity contribution >= 4 is 38.2 Å². The molecular formula is C22H16N2O2S. The summed E-state index contributed by atoms with van der Waals surface area (Å²) in [4.78, 5) is 17.6. The zero-order valence-electron chi connectivity index (χ0n) is 14.7. The summed E-state index contributed by atoms with van der Waals surface area (Å²) in [5.41, 5.74) is 1.49. The number of nitrogens with zero attached hydrogens (tertiary/aromatic N) is 2. The van der Waals surface area contributed by atoms with E-state index in [0.29, 0.717) is 22.7 Å². The minimum absolute atomic E-state index is 0.306. The molecule has 0 fully saturated rings. The van der Waals surface area contributed by atoms with Crippen molar-refractivity contribution in [2.24, 2.45) is 4.99 Å². The Balaban J connectivity index is 1.90. The topological polar surface area (TPSA) is 43.6 Å². The number of benzene rings is 3. The molecule has 0 unspecified atom stereocenters. The van der Waals surface area contributed by atoms with E-state index in [0.717, 1.165) is 21.0 Å². The predicted octanol–water partition coefficient (Wildman–Crippen LogP) is 4.24. The molecule has 3 aromatic carbocycles. The zero-order chi connectivity index (χ0) is 18.8. The molecule has 0 atom stereocenters. The lowest BCUT2D eigenvalue weighted by Gasteiger charge is -2.02. The minimum atomic E-state index is -0.306. The number of ether oxygens (including phenoxy) is 1. The van der Waals surface area contributed by atoms with Crippen LogP contribution >= 0.6 is 11.3 Å². The highest BCUT2D eigenvalue weighted by molar-refractivity contribution is 7.17. The van der Waals surface area contributed by atoms with Crippen molar-refractivity contribution in [3.05, 3.63) is 71.0 Å². The summed E-state index contributed by atoms with van der Waals surface area (Å²) in [6.45, 7) is 0.354. The second kappa shape index (κ2) is 7.10. The van der Waals surface area contributed by atoms with Gasteiger partial charge >= 0.3 is 0 Å². The first-order chi connectivity index (χ1) is 13.2. The molecule has 0 saturated heterocycles. The van der Waals surface area contributed by atoms with Crippen LogP contribution < -0.4 is 9.54 Å². The monoisotopic (exact) mass is 372 g/mol. The highest BCUT2D eigenvalue weighted by atomic mass is 32.1. The van der Waals surface area contributed by atoms with Gasteiger partial charge in [0, 0.05) is 10.9 Å². The molecule has 5 heteroatoms. The van der Waals surface area contributed by atoms with E-state index in [9.17, 15) is 4.79 Å². The van der Waals surface area contributed by atoms with Crippen LogP contribution in [-0.2, 0) is 6.54 Å². The van der Waals surface area contributed by atoms with Gasteiger partial charge in [-0.05, 0) is 35.7 Å². The standard InChI is InChI=1S/C22H16N2O2S/c1-3-14-24-19-13-10-15-6-4-5-7-18(15)20(19)27-22(24)23-21(25)16-8-11-17(26-2)12-9-16/h1,4-13H,14H2,2H3. The molecule has 132 valence electrons. The number of aromatic nitrogens is 1. The summed E-state index contributed by atoms with van der Waals surface area (Å²) in [7, 11) is 1.59. The Morgan fingerprint density at radius 3 is 2.67 bits per heavy atom. The van der Waals surface area contributed by atoms with E-state index in [1.54, 1.807) is 31.4 Å². The summed E-state index contributed by atoms with van der Waals surface area (Å²) in [6.07, 6.45) is 5.56. The number of carbonyl (C=O) groups excluding carboxylic acids is 1. The Morgan fingerprint density at radius 2 is 1.93 bits per heavy atom. The third kappa shape index (κ3) is 3.12. The molecule has 1 aromatic heterocycles. The molecule has 0 aliphatic carbocycles. The summed E-state index contributed by atoms with van der Waals surface area (Å²) in [5, 5.41) is 2.27. The van der Waals surface area contributed by atoms with E-state index in [2.05, 4.69) is 29.1 Å². The molecule has 0 N–H and O–H groups in total. The van der Waals surface area contributed by atoms with Crippen molar-refractivity contribution in [1.82, 2.24) is 4.57 Å². The predicted molar refractivity (Wildman–Crippen MR) is 109 cm³/mol. The van der Waals surface area contributed by atoms with Crippen LogP contribution in [0.4, 0.5) is 0 Å². The van der Waals surface area contributed by atoms with Crippen molar-refractivity contribution in [2.75, 3.05) is 7.11 Å². The highest BCUT2D eigenvalue weighted by Crippen LogP contribution is 2.27. The van der Waals surface area contributed by atoms with E-state index in [-0.39, 0.29) is 5.91 Å². The van der Waals surface area contributed by atoms with Crippen molar-refractivity contribution in [1.29, 1.82) is 0 Å². The molecule has 0 spiro atoms. The summed E-state index contributed by atoms with van der Waals surface area (Å²) in [5.74, 6) is 3.05. The summed E-state index contributed by atoms with van der Waals surface area (Å²) in [6, 6.07) is 19.2. The van der Waals surface area contributed by atoms with Crippen LogP contribution in [0.3, 0.4) is 0 Å². The number of terminal acetylenes is 1. The van der Waals surface area contributed by atoms with E-state index in [1.807, 2.05) is 22.8 Å². The third-order valence-corrected chi connectivity index (χ3v) is 5.48. The van der Waals surface area contributed by atoms with Gasteiger partial charge in [0.1, 0.15) is 5.75 Å².